The second kappa shape index (κ2) is 10.7. The van der Waals surface area contributed by atoms with Gasteiger partial charge in [-0.2, -0.15) is 0 Å². The summed E-state index contributed by atoms with van der Waals surface area (Å²) in [5, 5.41) is 12.7. The van der Waals surface area contributed by atoms with Crippen LogP contribution in [0.5, 0.6) is 0 Å². The van der Waals surface area contributed by atoms with Crippen LogP contribution in [0.2, 0.25) is 0 Å². The highest BCUT2D eigenvalue weighted by molar-refractivity contribution is 7.99. The molecule has 7 nitrogen and oxygen atoms in total. The number of piperidine rings is 1. The maximum Gasteiger partial charge on any atom is 0.230 e. The van der Waals surface area contributed by atoms with E-state index in [0.29, 0.717) is 5.75 Å². The van der Waals surface area contributed by atoms with E-state index in [1.165, 1.54) is 17.3 Å². The molecule has 168 valence electrons. The van der Waals surface area contributed by atoms with Gasteiger partial charge in [0.15, 0.2) is 11.0 Å². The SMILES string of the molecule is CCn1c(SCC(=O)NC2CCN(Cc3ccccn3)CC2)nnc1-c1cccc(C)c1. The first-order valence-corrected chi connectivity index (χ1v) is 12.2. The first-order valence-electron chi connectivity index (χ1n) is 11.2. The maximum absolute atomic E-state index is 12.6. The number of nitrogens with zero attached hydrogens (tertiary/aromatic N) is 5. The summed E-state index contributed by atoms with van der Waals surface area (Å²) in [5.41, 5.74) is 3.33. The zero-order valence-electron chi connectivity index (χ0n) is 18.7. The van der Waals surface area contributed by atoms with Crippen LogP contribution in [0.3, 0.4) is 0 Å². The molecule has 3 heterocycles. The zero-order valence-corrected chi connectivity index (χ0v) is 19.5. The van der Waals surface area contributed by atoms with Crippen molar-refractivity contribution in [3.05, 3.63) is 59.9 Å². The molecule has 0 spiro atoms. The molecule has 32 heavy (non-hydrogen) atoms. The van der Waals surface area contributed by atoms with E-state index >= 15 is 0 Å². The lowest BCUT2D eigenvalue weighted by molar-refractivity contribution is -0.119. The number of benzene rings is 1. The van der Waals surface area contributed by atoms with Gasteiger partial charge in [-0.1, -0.05) is 41.6 Å². The molecule has 0 aliphatic carbocycles. The van der Waals surface area contributed by atoms with Crippen molar-refractivity contribution in [2.24, 2.45) is 0 Å². The lowest BCUT2D eigenvalue weighted by Gasteiger charge is -2.32. The minimum absolute atomic E-state index is 0.0564. The van der Waals surface area contributed by atoms with Gasteiger partial charge in [-0.3, -0.25) is 14.7 Å². The Hall–Kier alpha value is -2.71. The fourth-order valence-corrected chi connectivity index (χ4v) is 4.85. The topological polar surface area (TPSA) is 75.9 Å². The number of amides is 1. The quantitative estimate of drug-likeness (QED) is 0.529. The molecule has 0 radical (unpaired) electrons. The van der Waals surface area contributed by atoms with E-state index in [2.05, 4.69) is 62.0 Å². The first kappa shape index (κ1) is 22.5. The Morgan fingerprint density at radius 2 is 2.00 bits per heavy atom. The van der Waals surface area contributed by atoms with Crippen LogP contribution in [0.25, 0.3) is 11.4 Å². The molecule has 3 aromatic rings. The summed E-state index contributed by atoms with van der Waals surface area (Å²) >= 11 is 1.45. The molecule has 8 heteroatoms. The number of hydrogen-bond donors (Lipinski definition) is 1. The Morgan fingerprint density at radius 1 is 1.16 bits per heavy atom. The number of thioether (sulfide) groups is 1. The molecule has 1 amide bonds. The average molecular weight is 451 g/mol. The van der Waals surface area contributed by atoms with Gasteiger partial charge in [-0.15, -0.1) is 10.2 Å². The predicted octanol–water partition coefficient (Wildman–Crippen LogP) is 3.54. The third kappa shape index (κ3) is 5.75. The number of aromatic nitrogens is 4. The molecule has 0 saturated carbocycles. The minimum atomic E-state index is 0.0564. The predicted molar refractivity (Wildman–Crippen MR) is 127 cm³/mol. The van der Waals surface area contributed by atoms with Gasteiger partial charge < -0.3 is 9.88 Å². The van der Waals surface area contributed by atoms with E-state index in [1.54, 1.807) is 0 Å². The number of nitrogens with one attached hydrogen (secondary N) is 1. The summed E-state index contributed by atoms with van der Waals surface area (Å²) in [7, 11) is 0. The van der Waals surface area contributed by atoms with Crippen LogP contribution in [-0.2, 0) is 17.9 Å². The van der Waals surface area contributed by atoms with Crippen LogP contribution in [0.4, 0.5) is 0 Å². The molecule has 1 N–H and O–H groups in total. The second-order valence-electron chi connectivity index (χ2n) is 8.15. The van der Waals surface area contributed by atoms with Crippen molar-refractivity contribution in [2.75, 3.05) is 18.8 Å². The van der Waals surface area contributed by atoms with Gasteiger partial charge in [0.1, 0.15) is 0 Å². The standard InChI is InChI=1S/C24H30N6OS/c1-3-30-23(19-8-6-7-18(2)15-19)27-28-24(30)32-17-22(31)26-20-10-13-29(14-11-20)16-21-9-4-5-12-25-21/h4-9,12,15,20H,3,10-11,13-14,16-17H2,1-2H3,(H,26,31). The molecule has 1 aliphatic heterocycles. The molecule has 4 rings (SSSR count). The van der Waals surface area contributed by atoms with E-state index in [0.717, 1.165) is 61.3 Å². The van der Waals surface area contributed by atoms with Gasteiger partial charge in [0.25, 0.3) is 0 Å². The van der Waals surface area contributed by atoms with Gasteiger partial charge in [-0.05, 0) is 44.9 Å². The minimum Gasteiger partial charge on any atom is -0.353 e. The van der Waals surface area contributed by atoms with Gasteiger partial charge in [0.2, 0.25) is 5.91 Å². The maximum atomic E-state index is 12.6. The summed E-state index contributed by atoms with van der Waals surface area (Å²) in [4.78, 5) is 19.4. The van der Waals surface area contributed by atoms with Crippen molar-refractivity contribution in [1.82, 2.24) is 30.0 Å². The van der Waals surface area contributed by atoms with Gasteiger partial charge in [0.05, 0.1) is 11.4 Å². The molecule has 0 atom stereocenters. The molecule has 1 fully saturated rings. The number of aryl methyl sites for hydroxylation is 1. The summed E-state index contributed by atoms with van der Waals surface area (Å²) in [6.07, 6.45) is 3.76. The van der Waals surface area contributed by atoms with Crippen molar-refractivity contribution in [2.45, 2.75) is 51.0 Å². The third-order valence-electron chi connectivity index (χ3n) is 5.71. The summed E-state index contributed by atoms with van der Waals surface area (Å²) in [5.74, 6) is 1.25. The van der Waals surface area contributed by atoms with Crippen LogP contribution in [-0.4, -0.2) is 55.4 Å². The highest BCUT2D eigenvalue weighted by Crippen LogP contribution is 2.24. The van der Waals surface area contributed by atoms with Crippen molar-refractivity contribution in [1.29, 1.82) is 0 Å². The van der Waals surface area contributed by atoms with Gasteiger partial charge in [0, 0.05) is 44.0 Å². The smallest absolute Gasteiger partial charge is 0.230 e. The highest BCUT2D eigenvalue weighted by atomic mass is 32.2. The van der Waals surface area contributed by atoms with Crippen molar-refractivity contribution >= 4 is 17.7 Å². The van der Waals surface area contributed by atoms with Crippen LogP contribution in [0, 0.1) is 6.92 Å². The number of hydrogen-bond acceptors (Lipinski definition) is 6. The van der Waals surface area contributed by atoms with Crippen LogP contribution < -0.4 is 5.32 Å². The molecular weight excluding hydrogens is 420 g/mol. The fourth-order valence-electron chi connectivity index (χ4n) is 4.03. The molecule has 0 bridgehead atoms. The van der Waals surface area contributed by atoms with E-state index < -0.39 is 0 Å². The Balaban J connectivity index is 1.26. The van der Waals surface area contributed by atoms with Crippen molar-refractivity contribution in [3.8, 4) is 11.4 Å². The van der Waals surface area contributed by atoms with Gasteiger partial charge in [-0.25, -0.2) is 0 Å². The second-order valence-corrected chi connectivity index (χ2v) is 9.09. The van der Waals surface area contributed by atoms with E-state index in [-0.39, 0.29) is 11.9 Å². The largest absolute Gasteiger partial charge is 0.353 e. The molecule has 0 unspecified atom stereocenters. The summed E-state index contributed by atoms with van der Waals surface area (Å²) in [6.45, 7) is 7.71. The normalized spacial score (nSPS) is 15.1. The lowest BCUT2D eigenvalue weighted by atomic mass is 10.0. The highest BCUT2D eigenvalue weighted by Gasteiger charge is 2.21. The zero-order chi connectivity index (χ0) is 22.3. The Kier molecular flexibility index (Phi) is 7.55. The fraction of sp³-hybridized carbons (Fsp3) is 0.417. The van der Waals surface area contributed by atoms with E-state index in [1.807, 2.05) is 30.5 Å². The first-order chi connectivity index (χ1) is 15.6. The Bertz CT molecular complexity index is 1030. The number of pyridine rings is 1. The monoisotopic (exact) mass is 450 g/mol. The van der Waals surface area contributed by atoms with Crippen LogP contribution in [0.15, 0.2) is 53.8 Å². The molecule has 1 saturated heterocycles. The Morgan fingerprint density at radius 3 is 2.72 bits per heavy atom. The summed E-state index contributed by atoms with van der Waals surface area (Å²) in [6, 6.07) is 14.5. The van der Waals surface area contributed by atoms with E-state index in [4.69, 9.17) is 0 Å². The summed E-state index contributed by atoms with van der Waals surface area (Å²) < 4.78 is 2.07. The lowest BCUT2D eigenvalue weighted by Crippen LogP contribution is -2.44. The number of rotatable bonds is 8. The molecule has 1 aromatic carbocycles. The van der Waals surface area contributed by atoms with Crippen molar-refractivity contribution in [3.63, 3.8) is 0 Å². The van der Waals surface area contributed by atoms with Crippen LogP contribution >= 0.6 is 11.8 Å². The van der Waals surface area contributed by atoms with Gasteiger partial charge >= 0.3 is 0 Å². The number of likely N-dealkylation sites (tertiary alicyclic amines) is 1. The number of carbonyl (C=O) groups is 1. The van der Waals surface area contributed by atoms with E-state index in [9.17, 15) is 4.79 Å². The Labute approximate surface area is 193 Å². The number of carbonyl (C=O) groups excluding carboxylic acids is 1. The molecule has 2 aromatic heterocycles. The molecular formula is C24H30N6OS. The third-order valence-corrected chi connectivity index (χ3v) is 6.67. The molecule has 1 aliphatic rings. The van der Waals surface area contributed by atoms with Crippen LogP contribution in [0.1, 0.15) is 31.0 Å². The van der Waals surface area contributed by atoms with Crippen molar-refractivity contribution < 1.29 is 4.79 Å². The average Bonchev–Trinajstić information content (AvgIpc) is 3.23.